The Balaban J connectivity index is 1.24. The minimum absolute atomic E-state index is 0.100. The summed E-state index contributed by atoms with van der Waals surface area (Å²) in [4.78, 5) is 26.2. The number of aromatic nitrogens is 3. The lowest BCUT2D eigenvalue weighted by atomic mass is 9.98. The third-order valence-corrected chi connectivity index (χ3v) is 8.44. The second-order valence-electron chi connectivity index (χ2n) is 9.94. The fraction of sp³-hybridized carbons (Fsp3) is 0.156. The van der Waals surface area contributed by atoms with E-state index in [1.54, 1.807) is 17.1 Å². The lowest BCUT2D eigenvalue weighted by Crippen LogP contribution is -2.28. The van der Waals surface area contributed by atoms with Gasteiger partial charge in [-0.2, -0.15) is 5.10 Å². The molecule has 0 aliphatic carbocycles. The maximum atomic E-state index is 13.8. The van der Waals surface area contributed by atoms with Gasteiger partial charge in [-0.25, -0.2) is 5.01 Å². The highest BCUT2D eigenvalue weighted by molar-refractivity contribution is 9.10. The lowest BCUT2D eigenvalue weighted by Gasteiger charge is -2.22. The summed E-state index contributed by atoms with van der Waals surface area (Å²) < 4.78 is 8.02. The molecule has 2 amide bonds. The summed E-state index contributed by atoms with van der Waals surface area (Å²) in [7, 11) is 0. The third-order valence-electron chi connectivity index (χ3n) is 7.00. The van der Waals surface area contributed by atoms with E-state index in [-0.39, 0.29) is 35.9 Å². The van der Waals surface area contributed by atoms with Crippen LogP contribution in [0.5, 0.6) is 0 Å². The van der Waals surface area contributed by atoms with E-state index >= 15 is 0 Å². The minimum atomic E-state index is -0.354. The molecule has 1 atom stereocenters. The number of carbonyl (C=O) groups excluding carboxylic acids is 2. The van der Waals surface area contributed by atoms with E-state index in [1.165, 1.54) is 18.0 Å². The van der Waals surface area contributed by atoms with E-state index < -0.39 is 0 Å². The first-order valence-electron chi connectivity index (χ1n) is 13.6. The van der Waals surface area contributed by atoms with Crippen LogP contribution in [0.1, 0.15) is 45.5 Å². The SMILES string of the molecule is Cc1ccc([C@@H]2CC(c3ccc(Br)cc3)=NN2C(=O)CSc2nnc(CNC(=O)c3ccco3)n2-c2ccccc2)cc1. The normalized spacial score (nSPS) is 14.5. The maximum absolute atomic E-state index is 13.8. The Kier molecular flexibility index (Phi) is 8.52. The summed E-state index contributed by atoms with van der Waals surface area (Å²) in [5, 5.41) is 18.5. The molecule has 0 fully saturated rings. The molecular formula is C32H27BrN6O3S. The zero-order valence-corrected chi connectivity index (χ0v) is 25.6. The number of halogens is 1. The fourth-order valence-electron chi connectivity index (χ4n) is 4.80. The number of nitrogens with zero attached hydrogens (tertiary/aromatic N) is 5. The number of thioether (sulfide) groups is 1. The summed E-state index contributed by atoms with van der Waals surface area (Å²) in [5.74, 6) is 0.340. The van der Waals surface area contributed by atoms with Crippen molar-refractivity contribution in [3.8, 4) is 5.69 Å². The minimum Gasteiger partial charge on any atom is -0.459 e. The molecule has 1 N–H and O–H groups in total. The van der Waals surface area contributed by atoms with Crippen molar-refractivity contribution in [2.45, 2.75) is 31.1 Å². The van der Waals surface area contributed by atoms with Gasteiger partial charge in [0.05, 0.1) is 30.3 Å². The van der Waals surface area contributed by atoms with Gasteiger partial charge >= 0.3 is 0 Å². The average molecular weight is 656 g/mol. The van der Waals surface area contributed by atoms with Gasteiger partial charge in [0.2, 0.25) is 0 Å². The van der Waals surface area contributed by atoms with Crippen molar-refractivity contribution in [2.75, 3.05) is 5.75 Å². The maximum Gasteiger partial charge on any atom is 0.287 e. The van der Waals surface area contributed by atoms with E-state index in [0.717, 1.165) is 32.6 Å². The Morgan fingerprint density at radius 1 is 0.977 bits per heavy atom. The number of amides is 2. The van der Waals surface area contributed by atoms with Crippen molar-refractivity contribution in [2.24, 2.45) is 5.10 Å². The highest BCUT2D eigenvalue weighted by atomic mass is 79.9. The van der Waals surface area contributed by atoms with Crippen LogP contribution in [0.3, 0.4) is 0 Å². The predicted octanol–water partition coefficient (Wildman–Crippen LogP) is 6.33. The van der Waals surface area contributed by atoms with E-state index in [9.17, 15) is 9.59 Å². The van der Waals surface area contributed by atoms with Crippen LogP contribution in [0, 0.1) is 6.92 Å². The van der Waals surface area contributed by atoms with Crippen LogP contribution in [0.2, 0.25) is 0 Å². The molecule has 6 rings (SSSR count). The van der Waals surface area contributed by atoms with Gasteiger partial charge in [0.1, 0.15) is 0 Å². The largest absolute Gasteiger partial charge is 0.459 e. The number of hydrazone groups is 1. The van der Waals surface area contributed by atoms with Crippen molar-refractivity contribution in [3.63, 3.8) is 0 Å². The molecule has 11 heteroatoms. The average Bonchev–Trinajstić information content (AvgIpc) is 3.80. The van der Waals surface area contributed by atoms with Crippen molar-refractivity contribution >= 4 is 45.2 Å². The van der Waals surface area contributed by atoms with Gasteiger partial charge in [-0.3, -0.25) is 14.2 Å². The molecule has 0 bridgehead atoms. The van der Waals surface area contributed by atoms with Crippen LogP contribution >= 0.6 is 27.7 Å². The zero-order valence-electron chi connectivity index (χ0n) is 23.2. The van der Waals surface area contributed by atoms with Gasteiger partial charge in [0, 0.05) is 16.6 Å². The number of rotatable bonds is 9. The third kappa shape index (κ3) is 6.47. The van der Waals surface area contributed by atoms with Crippen molar-refractivity contribution in [3.05, 3.63) is 130 Å². The van der Waals surface area contributed by atoms with Crippen LogP contribution in [0.25, 0.3) is 5.69 Å². The first kappa shape index (κ1) is 28.6. The van der Waals surface area contributed by atoms with Gasteiger partial charge in [-0.15, -0.1) is 10.2 Å². The molecule has 0 radical (unpaired) electrons. The van der Waals surface area contributed by atoms with Crippen molar-refractivity contribution in [1.82, 2.24) is 25.1 Å². The predicted molar refractivity (Wildman–Crippen MR) is 168 cm³/mol. The molecule has 0 spiro atoms. The van der Waals surface area contributed by atoms with E-state index in [0.29, 0.717) is 17.4 Å². The number of furan rings is 1. The van der Waals surface area contributed by atoms with Gasteiger partial charge < -0.3 is 9.73 Å². The number of hydrogen-bond acceptors (Lipinski definition) is 7. The molecule has 0 unspecified atom stereocenters. The molecule has 216 valence electrons. The molecule has 0 saturated heterocycles. The summed E-state index contributed by atoms with van der Waals surface area (Å²) in [6.07, 6.45) is 2.06. The molecule has 9 nitrogen and oxygen atoms in total. The smallest absolute Gasteiger partial charge is 0.287 e. The summed E-state index contributed by atoms with van der Waals surface area (Å²) >= 11 is 4.77. The number of carbonyl (C=O) groups is 2. The Hall–Kier alpha value is -4.48. The van der Waals surface area contributed by atoms with Gasteiger partial charge in [-0.05, 0) is 54.4 Å². The molecule has 5 aromatic rings. The first-order valence-corrected chi connectivity index (χ1v) is 15.4. The summed E-state index contributed by atoms with van der Waals surface area (Å²) in [5.41, 5.74) is 4.84. The Morgan fingerprint density at radius 3 is 2.47 bits per heavy atom. The Bertz CT molecular complexity index is 1750. The standard InChI is InChI=1S/C32H27BrN6O3S/c1-21-9-11-23(12-10-21)27-18-26(22-13-15-24(33)16-14-22)37-39(27)30(40)20-43-32-36-35-29(38(32)25-6-3-2-4-7-25)19-34-31(41)28-8-5-17-42-28/h2-17,27H,18-20H2,1H3,(H,34,41)/t27-/m0/s1. The molecule has 2 aromatic heterocycles. The van der Waals surface area contributed by atoms with Crippen molar-refractivity contribution < 1.29 is 14.0 Å². The monoisotopic (exact) mass is 654 g/mol. The lowest BCUT2D eigenvalue weighted by molar-refractivity contribution is -0.130. The van der Waals surface area contributed by atoms with Crippen LogP contribution < -0.4 is 5.32 Å². The van der Waals surface area contributed by atoms with Gasteiger partial charge in [0.25, 0.3) is 11.8 Å². The Morgan fingerprint density at radius 2 is 1.74 bits per heavy atom. The summed E-state index contributed by atoms with van der Waals surface area (Å²) in [6.45, 7) is 2.17. The molecule has 3 heterocycles. The fourth-order valence-corrected chi connectivity index (χ4v) is 5.88. The highest BCUT2D eigenvalue weighted by Crippen LogP contribution is 2.34. The zero-order chi connectivity index (χ0) is 29.8. The second kappa shape index (κ2) is 12.8. The van der Waals surface area contributed by atoms with Crippen LogP contribution in [0.4, 0.5) is 0 Å². The first-order chi connectivity index (χ1) is 21.0. The number of benzene rings is 3. The molecule has 0 saturated carbocycles. The van der Waals surface area contributed by atoms with E-state index in [4.69, 9.17) is 9.52 Å². The van der Waals surface area contributed by atoms with Crippen LogP contribution in [-0.4, -0.2) is 43.1 Å². The van der Waals surface area contributed by atoms with E-state index in [2.05, 4.69) is 55.7 Å². The van der Waals surface area contributed by atoms with Gasteiger partial charge in [0.15, 0.2) is 16.7 Å². The topological polar surface area (TPSA) is 106 Å². The van der Waals surface area contributed by atoms with Gasteiger partial charge in [-0.1, -0.05) is 87.9 Å². The molecular weight excluding hydrogens is 628 g/mol. The summed E-state index contributed by atoms with van der Waals surface area (Å²) in [6, 6.07) is 28.8. The van der Waals surface area contributed by atoms with Crippen LogP contribution in [-0.2, 0) is 11.3 Å². The number of para-hydroxylation sites is 1. The molecule has 3 aromatic carbocycles. The van der Waals surface area contributed by atoms with E-state index in [1.807, 2.05) is 66.1 Å². The molecule has 1 aliphatic heterocycles. The quantitative estimate of drug-likeness (QED) is 0.186. The Labute approximate surface area is 261 Å². The van der Waals surface area contributed by atoms with Crippen LogP contribution in [0.15, 0.2) is 116 Å². The second-order valence-corrected chi connectivity index (χ2v) is 11.8. The number of aryl methyl sites for hydroxylation is 1. The number of nitrogens with one attached hydrogen (secondary N) is 1. The highest BCUT2D eigenvalue weighted by Gasteiger charge is 2.33. The van der Waals surface area contributed by atoms with Crippen molar-refractivity contribution in [1.29, 1.82) is 0 Å². The molecule has 43 heavy (non-hydrogen) atoms. The number of hydrogen-bond donors (Lipinski definition) is 1. The molecule has 1 aliphatic rings.